The summed E-state index contributed by atoms with van der Waals surface area (Å²) in [6.07, 6.45) is -12.7. The maximum Gasteiger partial charge on any atom is 0.111 e. The molecule has 42 heavy (non-hydrogen) atoms. The van der Waals surface area contributed by atoms with Gasteiger partial charge in [-0.1, -0.05) is 48.5 Å². The Labute approximate surface area is 258 Å². The largest absolute Gasteiger partial charge is 0.394 e. The summed E-state index contributed by atoms with van der Waals surface area (Å²) in [6.45, 7) is -1.51. The van der Waals surface area contributed by atoms with Crippen LogP contribution in [0.2, 0.25) is 0 Å². The maximum atomic E-state index is 10.5. The molecular formula is C28H46Cl2N2O10. The van der Waals surface area contributed by atoms with Crippen molar-refractivity contribution < 1.29 is 51.1 Å². The van der Waals surface area contributed by atoms with Crippen molar-refractivity contribution in [2.75, 3.05) is 39.4 Å². The molecule has 0 spiro atoms. The van der Waals surface area contributed by atoms with Crippen molar-refractivity contribution in [3.05, 3.63) is 59.7 Å². The van der Waals surface area contributed by atoms with Gasteiger partial charge in [0.1, 0.15) is 36.6 Å². The van der Waals surface area contributed by atoms with Crippen molar-refractivity contribution in [3.8, 4) is 11.1 Å². The second kappa shape index (κ2) is 20.5. The molecule has 2 rings (SSSR count). The van der Waals surface area contributed by atoms with E-state index in [-0.39, 0.29) is 44.4 Å². The van der Waals surface area contributed by atoms with E-state index in [0.29, 0.717) is 13.0 Å². The normalized spacial score (nSPS) is 17.2. The lowest BCUT2D eigenvalue weighted by Crippen LogP contribution is -2.53. The van der Waals surface area contributed by atoms with Gasteiger partial charge in [0.15, 0.2) is 0 Å². The Morgan fingerprint density at radius 2 is 0.857 bits per heavy atom. The minimum Gasteiger partial charge on any atom is -0.394 e. The predicted octanol–water partition coefficient (Wildman–Crippen LogP) is -2.59. The zero-order valence-corrected chi connectivity index (χ0v) is 24.8. The highest BCUT2D eigenvalue weighted by Gasteiger charge is 2.34. The van der Waals surface area contributed by atoms with Crippen LogP contribution in [0.4, 0.5) is 0 Å². The lowest BCUT2D eigenvalue weighted by atomic mass is 10.00. The van der Waals surface area contributed by atoms with E-state index in [4.69, 9.17) is 15.9 Å². The molecule has 2 aromatic rings. The molecule has 0 radical (unpaired) electrons. The zero-order valence-electron chi connectivity index (χ0n) is 23.2. The van der Waals surface area contributed by atoms with E-state index in [1.807, 2.05) is 48.5 Å². The van der Waals surface area contributed by atoms with E-state index >= 15 is 0 Å². The average molecular weight is 642 g/mol. The van der Waals surface area contributed by atoms with Gasteiger partial charge in [-0.2, -0.15) is 0 Å². The molecule has 12 N–H and O–H groups in total. The molecule has 0 saturated carbocycles. The first kappa shape index (κ1) is 40.5. The van der Waals surface area contributed by atoms with Crippen LogP contribution in [0, 0.1) is 0 Å². The van der Waals surface area contributed by atoms with E-state index in [1.54, 1.807) is 0 Å². The third-order valence-corrected chi connectivity index (χ3v) is 6.93. The summed E-state index contributed by atoms with van der Waals surface area (Å²) >= 11 is 0. The molecule has 0 amide bonds. The van der Waals surface area contributed by atoms with Crippen molar-refractivity contribution in [2.24, 2.45) is 5.73 Å². The van der Waals surface area contributed by atoms with Crippen LogP contribution in [0.5, 0.6) is 0 Å². The average Bonchev–Trinajstić information content (AvgIpc) is 2.98. The molecule has 0 aromatic heterocycles. The third kappa shape index (κ3) is 12.3. The molecule has 0 aliphatic rings. The van der Waals surface area contributed by atoms with Crippen LogP contribution in [0.25, 0.3) is 11.1 Å². The van der Waals surface area contributed by atoms with Gasteiger partial charge in [-0.25, -0.2) is 0 Å². The summed E-state index contributed by atoms with van der Waals surface area (Å²) in [5.41, 5.74) is 9.71. The third-order valence-electron chi connectivity index (χ3n) is 6.93. The second-order valence-electron chi connectivity index (χ2n) is 10.0. The van der Waals surface area contributed by atoms with Gasteiger partial charge >= 0.3 is 0 Å². The van der Waals surface area contributed by atoms with Crippen molar-refractivity contribution in [3.63, 3.8) is 0 Å². The summed E-state index contributed by atoms with van der Waals surface area (Å²) in [5.74, 6) is 0. The van der Waals surface area contributed by atoms with Crippen molar-refractivity contribution >= 4 is 24.8 Å². The van der Waals surface area contributed by atoms with Crippen LogP contribution in [0.1, 0.15) is 11.1 Å². The van der Waals surface area contributed by atoms with Gasteiger partial charge in [-0.05, 0) is 41.6 Å². The van der Waals surface area contributed by atoms with Crippen molar-refractivity contribution in [2.45, 2.75) is 61.7 Å². The number of aliphatic hydroxyl groups excluding tert-OH is 10. The number of benzene rings is 2. The zero-order chi connectivity index (χ0) is 29.8. The summed E-state index contributed by atoms with van der Waals surface area (Å²) in [6, 6.07) is 15.8. The molecule has 8 unspecified atom stereocenters. The first-order valence-electron chi connectivity index (χ1n) is 13.3. The summed E-state index contributed by atoms with van der Waals surface area (Å²) in [4.78, 5) is 1.47. The molecule has 0 heterocycles. The Hall–Kier alpha value is -1.46. The molecule has 0 aliphatic carbocycles. The van der Waals surface area contributed by atoms with Crippen LogP contribution >= 0.6 is 24.8 Å². The Bertz CT molecular complexity index is 946. The van der Waals surface area contributed by atoms with E-state index in [9.17, 15) is 40.9 Å². The highest BCUT2D eigenvalue weighted by atomic mass is 35.5. The van der Waals surface area contributed by atoms with Crippen LogP contribution in [0.3, 0.4) is 0 Å². The molecule has 0 aliphatic heterocycles. The maximum absolute atomic E-state index is 10.5. The summed E-state index contributed by atoms with van der Waals surface area (Å²) < 4.78 is 0. The lowest BCUT2D eigenvalue weighted by Gasteiger charge is -2.33. The fourth-order valence-corrected chi connectivity index (χ4v) is 4.31. The molecule has 242 valence electrons. The fourth-order valence-electron chi connectivity index (χ4n) is 4.31. The number of hydrogen-bond donors (Lipinski definition) is 11. The van der Waals surface area contributed by atoms with Gasteiger partial charge in [0, 0.05) is 19.6 Å². The van der Waals surface area contributed by atoms with Gasteiger partial charge in [0.05, 0.1) is 25.4 Å². The minimum atomic E-state index is -1.84. The highest BCUT2D eigenvalue weighted by Crippen LogP contribution is 2.21. The molecule has 12 nitrogen and oxygen atoms in total. The second-order valence-corrected chi connectivity index (χ2v) is 10.0. The van der Waals surface area contributed by atoms with E-state index in [1.165, 1.54) is 4.90 Å². The molecule has 8 atom stereocenters. The van der Waals surface area contributed by atoms with Crippen LogP contribution in [-0.2, 0) is 12.8 Å². The number of hydrogen-bond acceptors (Lipinski definition) is 12. The predicted molar refractivity (Wildman–Crippen MR) is 162 cm³/mol. The number of halogens is 2. The molecule has 0 bridgehead atoms. The monoisotopic (exact) mass is 640 g/mol. The van der Waals surface area contributed by atoms with Gasteiger partial charge in [-0.15, -0.1) is 24.8 Å². The first-order valence-corrected chi connectivity index (χ1v) is 13.3. The molecular weight excluding hydrogens is 595 g/mol. The van der Waals surface area contributed by atoms with Gasteiger partial charge in [0.25, 0.3) is 0 Å². The standard InChI is InChI=1S/C28H44N2O10.2ClH/c29-11-9-17-1-5-19(6-2-17)20-7-3-18(4-8-20)10-12-30(13-21(33)25(37)27(39)23(35)15-31)14-22(34)26(38)28(40)24(36)16-32;;/h1-8,21-28,31-40H,9-16,29H2;2*1H. The molecule has 0 fully saturated rings. The first-order chi connectivity index (χ1) is 19.0. The molecule has 0 saturated heterocycles. The number of nitrogens with two attached hydrogens (primary N) is 1. The van der Waals surface area contributed by atoms with Gasteiger partial charge in [-0.3, -0.25) is 4.90 Å². The Morgan fingerprint density at radius 1 is 0.524 bits per heavy atom. The van der Waals surface area contributed by atoms with Crippen LogP contribution in [-0.4, -0.2) is 144 Å². The Kier molecular flexibility index (Phi) is 19.8. The van der Waals surface area contributed by atoms with Crippen LogP contribution < -0.4 is 5.73 Å². The van der Waals surface area contributed by atoms with E-state index in [2.05, 4.69) is 0 Å². The summed E-state index contributed by atoms with van der Waals surface area (Å²) in [7, 11) is 0. The Balaban J connectivity index is 0.00000840. The topological polar surface area (TPSA) is 232 Å². The Morgan fingerprint density at radius 3 is 1.19 bits per heavy atom. The molecule has 14 heteroatoms. The quantitative estimate of drug-likeness (QED) is 0.0806. The fraction of sp³-hybridized carbons (Fsp3) is 0.571. The van der Waals surface area contributed by atoms with E-state index < -0.39 is 62.0 Å². The van der Waals surface area contributed by atoms with Gasteiger partial charge in [0.2, 0.25) is 0 Å². The van der Waals surface area contributed by atoms with Crippen molar-refractivity contribution in [1.29, 1.82) is 0 Å². The molecule has 2 aromatic carbocycles. The van der Waals surface area contributed by atoms with Crippen molar-refractivity contribution in [1.82, 2.24) is 4.90 Å². The smallest absolute Gasteiger partial charge is 0.111 e. The number of rotatable bonds is 18. The summed E-state index contributed by atoms with van der Waals surface area (Å²) in [5, 5.41) is 98.5. The minimum absolute atomic E-state index is 0. The lowest BCUT2D eigenvalue weighted by molar-refractivity contribution is -0.130. The van der Waals surface area contributed by atoms with Gasteiger partial charge < -0.3 is 56.8 Å². The number of nitrogens with zero attached hydrogens (tertiary/aromatic N) is 1. The number of aliphatic hydroxyl groups is 10. The SMILES string of the molecule is Cl.Cl.NCCc1ccc(-c2ccc(CCN(CC(O)C(O)C(O)C(O)CO)CC(O)C(O)C(O)C(O)CO)cc2)cc1. The highest BCUT2D eigenvalue weighted by molar-refractivity contribution is 5.85. The van der Waals surface area contributed by atoms with Crippen LogP contribution in [0.15, 0.2) is 48.5 Å². The van der Waals surface area contributed by atoms with E-state index in [0.717, 1.165) is 28.7 Å².